The maximum Gasteiger partial charge on any atom is 0.0991 e. The van der Waals surface area contributed by atoms with Gasteiger partial charge < -0.3 is 5.32 Å². The molecule has 1 fully saturated rings. The minimum atomic E-state index is 0.358. The van der Waals surface area contributed by atoms with Gasteiger partial charge in [-0.3, -0.25) is 0 Å². The number of hydrogen-bond acceptors (Lipinski definition) is 2. The van der Waals surface area contributed by atoms with E-state index in [1.54, 1.807) is 0 Å². The Morgan fingerprint density at radius 2 is 2.41 bits per heavy atom. The van der Waals surface area contributed by atoms with Gasteiger partial charge in [-0.25, -0.2) is 0 Å². The SMILES string of the molecule is C=CC(c1cccc(C#N)c1)C1CCCNC1. The molecule has 2 heteroatoms. The zero-order valence-electron chi connectivity index (χ0n) is 10.0. The van der Waals surface area contributed by atoms with Gasteiger partial charge in [0.25, 0.3) is 0 Å². The van der Waals surface area contributed by atoms with Gasteiger partial charge >= 0.3 is 0 Å². The van der Waals surface area contributed by atoms with Crippen molar-refractivity contribution in [3.05, 3.63) is 48.0 Å². The number of allylic oxidation sites excluding steroid dienone is 1. The van der Waals surface area contributed by atoms with E-state index in [0.717, 1.165) is 18.7 Å². The summed E-state index contributed by atoms with van der Waals surface area (Å²) in [5.74, 6) is 0.964. The van der Waals surface area contributed by atoms with Crippen LogP contribution in [-0.2, 0) is 0 Å². The number of hydrogen-bond donors (Lipinski definition) is 1. The molecule has 0 bridgehead atoms. The molecular formula is C15H18N2. The van der Waals surface area contributed by atoms with E-state index in [2.05, 4.69) is 24.0 Å². The third kappa shape index (κ3) is 2.75. The topological polar surface area (TPSA) is 35.8 Å². The Morgan fingerprint density at radius 1 is 1.53 bits per heavy atom. The quantitative estimate of drug-likeness (QED) is 0.804. The fraction of sp³-hybridized carbons (Fsp3) is 0.400. The lowest BCUT2D eigenvalue weighted by Gasteiger charge is -2.29. The Labute approximate surface area is 103 Å². The standard InChI is InChI=1S/C15H18N2/c1-2-15(14-7-4-8-17-11-14)13-6-3-5-12(9-13)10-16/h2-3,5-6,9,14-15,17H,1,4,7-8,11H2. The maximum absolute atomic E-state index is 8.94. The second kappa shape index (κ2) is 5.65. The zero-order chi connectivity index (χ0) is 12.1. The van der Waals surface area contributed by atoms with Crippen molar-refractivity contribution in [2.75, 3.05) is 13.1 Å². The van der Waals surface area contributed by atoms with E-state index in [4.69, 9.17) is 5.26 Å². The molecule has 2 nitrogen and oxygen atoms in total. The normalized spacial score (nSPS) is 21.5. The summed E-state index contributed by atoms with van der Waals surface area (Å²) in [6.07, 6.45) is 4.49. The van der Waals surface area contributed by atoms with Crippen LogP contribution in [0.1, 0.15) is 29.9 Å². The van der Waals surface area contributed by atoms with Gasteiger partial charge in [0.05, 0.1) is 11.6 Å². The smallest absolute Gasteiger partial charge is 0.0991 e. The van der Waals surface area contributed by atoms with Gasteiger partial charge in [0.2, 0.25) is 0 Å². The van der Waals surface area contributed by atoms with E-state index >= 15 is 0 Å². The number of piperidine rings is 1. The zero-order valence-corrected chi connectivity index (χ0v) is 10.0. The van der Waals surface area contributed by atoms with E-state index in [0.29, 0.717) is 11.8 Å². The molecule has 1 N–H and O–H groups in total. The second-order valence-corrected chi connectivity index (χ2v) is 4.61. The molecule has 0 radical (unpaired) electrons. The van der Waals surface area contributed by atoms with Crippen LogP contribution in [0.5, 0.6) is 0 Å². The molecule has 1 aromatic carbocycles. The molecule has 0 amide bonds. The van der Waals surface area contributed by atoms with Crippen molar-refractivity contribution in [2.45, 2.75) is 18.8 Å². The van der Waals surface area contributed by atoms with Crippen molar-refractivity contribution in [1.29, 1.82) is 5.26 Å². The Balaban J connectivity index is 2.21. The van der Waals surface area contributed by atoms with Crippen molar-refractivity contribution in [2.24, 2.45) is 5.92 Å². The highest BCUT2D eigenvalue weighted by Gasteiger charge is 2.22. The van der Waals surface area contributed by atoms with Gasteiger partial charge in [0.15, 0.2) is 0 Å². The van der Waals surface area contributed by atoms with E-state index in [1.807, 2.05) is 24.3 Å². The summed E-state index contributed by atoms with van der Waals surface area (Å²) < 4.78 is 0. The molecule has 2 rings (SSSR count). The highest BCUT2D eigenvalue weighted by Crippen LogP contribution is 2.30. The van der Waals surface area contributed by atoms with Crippen LogP contribution in [0.4, 0.5) is 0 Å². The molecule has 88 valence electrons. The first-order valence-corrected chi connectivity index (χ1v) is 6.18. The number of rotatable bonds is 3. The number of nitrogens with one attached hydrogen (secondary N) is 1. The Bertz CT molecular complexity index is 425. The van der Waals surface area contributed by atoms with Crippen LogP contribution in [-0.4, -0.2) is 13.1 Å². The summed E-state index contributed by atoms with van der Waals surface area (Å²) >= 11 is 0. The predicted octanol–water partition coefficient (Wildman–Crippen LogP) is 2.83. The molecule has 2 unspecified atom stereocenters. The van der Waals surface area contributed by atoms with E-state index in [9.17, 15) is 0 Å². The highest BCUT2D eigenvalue weighted by molar-refractivity contribution is 5.36. The van der Waals surface area contributed by atoms with Crippen LogP contribution in [0.25, 0.3) is 0 Å². The minimum Gasteiger partial charge on any atom is -0.316 e. The van der Waals surface area contributed by atoms with Gasteiger partial charge in [-0.2, -0.15) is 5.26 Å². The average Bonchev–Trinajstić information content (AvgIpc) is 2.41. The largest absolute Gasteiger partial charge is 0.316 e. The fourth-order valence-corrected chi connectivity index (χ4v) is 2.60. The van der Waals surface area contributed by atoms with Gasteiger partial charge in [-0.05, 0) is 49.5 Å². The average molecular weight is 226 g/mol. The van der Waals surface area contributed by atoms with Crippen LogP contribution in [0.3, 0.4) is 0 Å². The van der Waals surface area contributed by atoms with Gasteiger partial charge in [-0.15, -0.1) is 6.58 Å². The highest BCUT2D eigenvalue weighted by atomic mass is 14.9. The molecule has 1 heterocycles. The lowest BCUT2D eigenvalue weighted by molar-refractivity contribution is 0.351. The summed E-state index contributed by atoms with van der Waals surface area (Å²) in [5, 5.41) is 12.4. The van der Waals surface area contributed by atoms with E-state index in [1.165, 1.54) is 18.4 Å². The molecule has 1 aliphatic rings. The van der Waals surface area contributed by atoms with Crippen LogP contribution >= 0.6 is 0 Å². The van der Waals surface area contributed by atoms with Gasteiger partial charge in [0.1, 0.15) is 0 Å². The second-order valence-electron chi connectivity index (χ2n) is 4.61. The summed E-state index contributed by atoms with van der Waals surface area (Å²) in [6.45, 7) is 6.13. The first-order valence-electron chi connectivity index (χ1n) is 6.18. The molecule has 1 aromatic rings. The Kier molecular flexibility index (Phi) is 3.95. The van der Waals surface area contributed by atoms with Crippen LogP contribution in [0, 0.1) is 17.2 Å². The van der Waals surface area contributed by atoms with Crippen molar-refractivity contribution in [3.63, 3.8) is 0 Å². The lowest BCUT2D eigenvalue weighted by Crippen LogP contribution is -2.32. The molecule has 1 saturated heterocycles. The predicted molar refractivity (Wildman–Crippen MR) is 69.7 cm³/mol. The van der Waals surface area contributed by atoms with Gasteiger partial charge in [0, 0.05) is 5.92 Å². The first kappa shape index (κ1) is 11.9. The van der Waals surface area contributed by atoms with Crippen LogP contribution < -0.4 is 5.32 Å². The van der Waals surface area contributed by atoms with E-state index in [-0.39, 0.29) is 0 Å². The van der Waals surface area contributed by atoms with Crippen molar-refractivity contribution < 1.29 is 0 Å². The minimum absolute atomic E-state index is 0.358. The van der Waals surface area contributed by atoms with Crippen LogP contribution in [0.2, 0.25) is 0 Å². The first-order chi connectivity index (χ1) is 8.35. The number of nitrogens with zero attached hydrogens (tertiary/aromatic N) is 1. The summed E-state index contributed by atoms with van der Waals surface area (Å²) in [5.41, 5.74) is 1.95. The van der Waals surface area contributed by atoms with Crippen molar-refractivity contribution >= 4 is 0 Å². The lowest BCUT2D eigenvalue weighted by atomic mass is 9.81. The molecule has 0 aromatic heterocycles. The fourth-order valence-electron chi connectivity index (χ4n) is 2.60. The Morgan fingerprint density at radius 3 is 3.06 bits per heavy atom. The monoisotopic (exact) mass is 226 g/mol. The third-order valence-corrected chi connectivity index (χ3v) is 3.50. The molecule has 2 atom stereocenters. The van der Waals surface area contributed by atoms with Crippen molar-refractivity contribution in [1.82, 2.24) is 5.32 Å². The maximum atomic E-state index is 8.94. The molecule has 0 saturated carbocycles. The molecule has 0 aliphatic carbocycles. The van der Waals surface area contributed by atoms with Gasteiger partial charge in [-0.1, -0.05) is 18.2 Å². The molecular weight excluding hydrogens is 208 g/mol. The summed E-state index contributed by atoms with van der Waals surface area (Å²) in [6, 6.07) is 10.1. The molecule has 17 heavy (non-hydrogen) atoms. The summed E-state index contributed by atoms with van der Waals surface area (Å²) in [7, 11) is 0. The van der Waals surface area contributed by atoms with Crippen LogP contribution in [0.15, 0.2) is 36.9 Å². The number of nitriles is 1. The third-order valence-electron chi connectivity index (χ3n) is 3.50. The number of benzene rings is 1. The van der Waals surface area contributed by atoms with E-state index < -0.39 is 0 Å². The van der Waals surface area contributed by atoms with Crippen molar-refractivity contribution in [3.8, 4) is 6.07 Å². The molecule has 1 aliphatic heterocycles. The summed E-state index contributed by atoms with van der Waals surface area (Å²) in [4.78, 5) is 0. The Hall–Kier alpha value is -1.59. The molecule has 0 spiro atoms.